The maximum atomic E-state index is 9.17. The molecule has 0 saturated heterocycles. The Hall–Kier alpha value is -3.45. The summed E-state index contributed by atoms with van der Waals surface area (Å²) in [5.41, 5.74) is 4.99. The second-order valence-electron chi connectivity index (χ2n) is 5.15. The maximum absolute atomic E-state index is 9.17. The topological polar surface area (TPSA) is 54.0 Å². The smallest absolute Gasteiger partial charge is 0.138 e. The van der Waals surface area contributed by atoms with E-state index in [0.717, 1.165) is 28.3 Å². The van der Waals surface area contributed by atoms with Crippen molar-refractivity contribution in [3.8, 4) is 28.7 Å². The van der Waals surface area contributed by atoms with Gasteiger partial charge in [0, 0.05) is 18.0 Å². The Labute approximate surface area is 133 Å². The van der Waals surface area contributed by atoms with Gasteiger partial charge in [-0.1, -0.05) is 24.3 Å². The third-order valence-corrected chi connectivity index (χ3v) is 3.70. The minimum Gasteiger partial charge on any atom is -0.299 e. The van der Waals surface area contributed by atoms with E-state index < -0.39 is 0 Å². The summed E-state index contributed by atoms with van der Waals surface area (Å²) < 4.78 is 2.03. The van der Waals surface area contributed by atoms with Crippen LogP contribution in [-0.2, 0) is 0 Å². The monoisotopic (exact) mass is 296 g/mol. The number of nitriles is 1. The Kier molecular flexibility index (Phi) is 3.10. The molecule has 1 aromatic carbocycles. The van der Waals surface area contributed by atoms with Gasteiger partial charge in [-0.15, -0.1) is 0 Å². The average Bonchev–Trinajstić information content (AvgIpc) is 3.02. The van der Waals surface area contributed by atoms with Gasteiger partial charge in [-0.3, -0.25) is 9.38 Å². The van der Waals surface area contributed by atoms with E-state index in [1.807, 2.05) is 65.2 Å². The molecule has 0 N–H and O–H groups in total. The van der Waals surface area contributed by atoms with Crippen LogP contribution < -0.4 is 0 Å². The highest BCUT2D eigenvalue weighted by atomic mass is 15.0. The normalized spacial score (nSPS) is 10.6. The van der Waals surface area contributed by atoms with Crippen molar-refractivity contribution in [2.75, 3.05) is 0 Å². The molecule has 0 aliphatic heterocycles. The Bertz CT molecular complexity index is 1030. The molecule has 0 radical (unpaired) electrons. The quantitative estimate of drug-likeness (QED) is 0.563. The van der Waals surface area contributed by atoms with E-state index >= 15 is 0 Å². The number of pyridine rings is 2. The molecule has 0 aliphatic carbocycles. The number of imidazole rings is 1. The van der Waals surface area contributed by atoms with Crippen LogP contribution in [0.25, 0.3) is 28.3 Å². The maximum Gasteiger partial charge on any atom is 0.138 e. The van der Waals surface area contributed by atoms with E-state index in [0.29, 0.717) is 5.56 Å². The highest BCUT2D eigenvalue weighted by Gasteiger charge is 2.16. The van der Waals surface area contributed by atoms with Gasteiger partial charge in [0.05, 0.1) is 23.0 Å². The molecule has 0 amide bonds. The number of nitrogens with zero attached hydrogens (tertiary/aromatic N) is 4. The second-order valence-corrected chi connectivity index (χ2v) is 5.15. The standard InChI is InChI=1S/C19H12N4/c20-13-14-6-5-7-15(12-14)19-18(16-8-1-3-10-21-16)22-17-9-2-4-11-23(17)19/h1-12H. The predicted octanol–water partition coefficient (Wildman–Crippen LogP) is 3.93. The molecule has 4 nitrogen and oxygen atoms in total. The van der Waals surface area contributed by atoms with Crippen LogP contribution in [0.1, 0.15) is 5.56 Å². The summed E-state index contributed by atoms with van der Waals surface area (Å²) in [7, 11) is 0. The molecule has 4 rings (SSSR count). The van der Waals surface area contributed by atoms with Gasteiger partial charge in [0.15, 0.2) is 0 Å². The third-order valence-electron chi connectivity index (χ3n) is 3.70. The largest absolute Gasteiger partial charge is 0.299 e. The molecule has 0 fully saturated rings. The van der Waals surface area contributed by atoms with E-state index in [1.54, 1.807) is 12.3 Å². The van der Waals surface area contributed by atoms with Crippen molar-refractivity contribution in [1.82, 2.24) is 14.4 Å². The lowest BCUT2D eigenvalue weighted by Gasteiger charge is -2.05. The summed E-state index contributed by atoms with van der Waals surface area (Å²) >= 11 is 0. The van der Waals surface area contributed by atoms with Crippen LogP contribution in [0, 0.1) is 11.3 Å². The van der Waals surface area contributed by atoms with E-state index in [-0.39, 0.29) is 0 Å². The van der Waals surface area contributed by atoms with Crippen molar-refractivity contribution >= 4 is 5.65 Å². The van der Waals surface area contributed by atoms with E-state index in [1.165, 1.54) is 0 Å². The summed E-state index contributed by atoms with van der Waals surface area (Å²) in [6, 6.07) is 21.4. The van der Waals surface area contributed by atoms with Crippen LogP contribution >= 0.6 is 0 Å². The van der Waals surface area contributed by atoms with Gasteiger partial charge in [-0.25, -0.2) is 4.98 Å². The Balaban J connectivity index is 2.06. The summed E-state index contributed by atoms with van der Waals surface area (Å²) in [5, 5.41) is 9.17. The molecule has 4 aromatic rings. The van der Waals surface area contributed by atoms with Crippen molar-refractivity contribution in [2.24, 2.45) is 0 Å². The SMILES string of the molecule is N#Cc1cccc(-c2c(-c3ccccn3)nc3ccccn23)c1. The summed E-state index contributed by atoms with van der Waals surface area (Å²) in [4.78, 5) is 9.16. The van der Waals surface area contributed by atoms with Gasteiger partial charge in [0.1, 0.15) is 11.3 Å². The second kappa shape index (κ2) is 5.39. The first kappa shape index (κ1) is 13.2. The highest BCUT2D eigenvalue weighted by molar-refractivity contribution is 5.80. The third kappa shape index (κ3) is 2.25. The van der Waals surface area contributed by atoms with Gasteiger partial charge >= 0.3 is 0 Å². The zero-order valence-corrected chi connectivity index (χ0v) is 12.2. The number of benzene rings is 1. The highest BCUT2D eigenvalue weighted by Crippen LogP contribution is 2.31. The molecule has 3 aromatic heterocycles. The molecule has 3 heterocycles. The lowest BCUT2D eigenvalue weighted by Crippen LogP contribution is -1.91. The number of rotatable bonds is 2. The molecule has 108 valence electrons. The Morgan fingerprint density at radius 1 is 0.957 bits per heavy atom. The molecule has 4 heteroatoms. The van der Waals surface area contributed by atoms with E-state index in [4.69, 9.17) is 4.98 Å². The number of aromatic nitrogens is 3. The Morgan fingerprint density at radius 2 is 1.87 bits per heavy atom. The van der Waals surface area contributed by atoms with Crippen LogP contribution in [0.15, 0.2) is 73.1 Å². The molecule has 0 spiro atoms. The number of fused-ring (bicyclic) bond motifs is 1. The van der Waals surface area contributed by atoms with Crippen molar-refractivity contribution in [2.45, 2.75) is 0 Å². The fourth-order valence-corrected chi connectivity index (χ4v) is 2.69. The predicted molar refractivity (Wildman–Crippen MR) is 88.6 cm³/mol. The van der Waals surface area contributed by atoms with Crippen molar-refractivity contribution in [3.63, 3.8) is 0 Å². The van der Waals surface area contributed by atoms with Gasteiger partial charge in [0.25, 0.3) is 0 Å². The van der Waals surface area contributed by atoms with Crippen LogP contribution in [-0.4, -0.2) is 14.4 Å². The summed E-state index contributed by atoms with van der Waals surface area (Å²) in [5.74, 6) is 0. The summed E-state index contributed by atoms with van der Waals surface area (Å²) in [6.07, 6.45) is 3.73. The minimum atomic E-state index is 0.625. The Morgan fingerprint density at radius 3 is 2.70 bits per heavy atom. The molecule has 0 atom stereocenters. The minimum absolute atomic E-state index is 0.625. The van der Waals surface area contributed by atoms with Gasteiger partial charge in [0.2, 0.25) is 0 Å². The van der Waals surface area contributed by atoms with Crippen molar-refractivity contribution in [3.05, 3.63) is 78.6 Å². The molecular formula is C19H12N4. The van der Waals surface area contributed by atoms with Crippen LogP contribution in [0.4, 0.5) is 0 Å². The van der Waals surface area contributed by atoms with Crippen LogP contribution in [0.3, 0.4) is 0 Å². The average molecular weight is 296 g/mol. The zero-order valence-electron chi connectivity index (χ0n) is 12.2. The molecule has 0 aliphatic rings. The number of hydrogen-bond acceptors (Lipinski definition) is 3. The van der Waals surface area contributed by atoms with Gasteiger partial charge < -0.3 is 0 Å². The van der Waals surface area contributed by atoms with E-state index in [2.05, 4.69) is 11.1 Å². The fraction of sp³-hybridized carbons (Fsp3) is 0. The lowest BCUT2D eigenvalue weighted by atomic mass is 10.1. The van der Waals surface area contributed by atoms with Crippen molar-refractivity contribution in [1.29, 1.82) is 5.26 Å². The first-order chi connectivity index (χ1) is 11.4. The molecule has 23 heavy (non-hydrogen) atoms. The van der Waals surface area contributed by atoms with Crippen LogP contribution in [0.2, 0.25) is 0 Å². The summed E-state index contributed by atoms with van der Waals surface area (Å²) in [6.45, 7) is 0. The first-order valence-electron chi connectivity index (χ1n) is 7.26. The van der Waals surface area contributed by atoms with Gasteiger partial charge in [-0.2, -0.15) is 5.26 Å². The molecular weight excluding hydrogens is 284 g/mol. The molecule has 0 unspecified atom stereocenters. The fourth-order valence-electron chi connectivity index (χ4n) is 2.69. The van der Waals surface area contributed by atoms with Crippen LogP contribution in [0.5, 0.6) is 0 Å². The number of hydrogen-bond donors (Lipinski definition) is 0. The van der Waals surface area contributed by atoms with Crippen molar-refractivity contribution < 1.29 is 0 Å². The lowest BCUT2D eigenvalue weighted by molar-refractivity contribution is 1.19. The van der Waals surface area contributed by atoms with Gasteiger partial charge in [-0.05, 0) is 36.4 Å². The first-order valence-corrected chi connectivity index (χ1v) is 7.26. The molecule has 0 saturated carbocycles. The molecule has 0 bridgehead atoms. The zero-order chi connectivity index (χ0) is 15.6. The van der Waals surface area contributed by atoms with E-state index in [9.17, 15) is 5.26 Å².